The molecule has 8 heteroatoms. The SMILES string of the molecule is Cc1c(Cl)cccc1NC(=O)CN1C(=O)C(C(C)C)Oc2ccc(N)nc21. The number of benzene rings is 1. The van der Waals surface area contributed by atoms with Gasteiger partial charge in [0.25, 0.3) is 5.91 Å². The zero-order chi connectivity index (χ0) is 19.7. The summed E-state index contributed by atoms with van der Waals surface area (Å²) >= 11 is 6.09. The van der Waals surface area contributed by atoms with Crippen LogP contribution in [0.3, 0.4) is 0 Å². The van der Waals surface area contributed by atoms with Gasteiger partial charge in [0, 0.05) is 10.7 Å². The fourth-order valence-corrected chi connectivity index (χ4v) is 3.01. The summed E-state index contributed by atoms with van der Waals surface area (Å²) < 4.78 is 5.77. The lowest BCUT2D eigenvalue weighted by atomic mass is 10.0. The standard InChI is InChI=1S/C19H21ClN4O3/c1-10(2)17-19(26)24(18-14(27-17)7-8-15(21)23-18)9-16(25)22-13-6-4-5-12(20)11(13)3/h4-8,10,17H,9H2,1-3H3,(H2,21,23)(H,22,25). The quantitative estimate of drug-likeness (QED) is 0.839. The molecule has 0 saturated heterocycles. The molecule has 2 heterocycles. The smallest absolute Gasteiger partial charge is 0.270 e. The van der Waals surface area contributed by atoms with E-state index in [1.165, 1.54) is 4.90 Å². The number of nitrogens with two attached hydrogens (primary N) is 1. The highest BCUT2D eigenvalue weighted by Crippen LogP contribution is 2.34. The normalized spacial score (nSPS) is 16.1. The van der Waals surface area contributed by atoms with Crippen molar-refractivity contribution in [3.63, 3.8) is 0 Å². The predicted molar refractivity (Wildman–Crippen MR) is 105 cm³/mol. The number of pyridine rings is 1. The molecule has 142 valence electrons. The average molecular weight is 389 g/mol. The molecule has 2 aromatic rings. The third kappa shape index (κ3) is 3.83. The Labute approximate surface area is 162 Å². The average Bonchev–Trinajstić information content (AvgIpc) is 2.61. The van der Waals surface area contributed by atoms with Crippen LogP contribution in [-0.2, 0) is 9.59 Å². The van der Waals surface area contributed by atoms with Gasteiger partial charge in [0.05, 0.1) is 0 Å². The Morgan fingerprint density at radius 1 is 1.37 bits per heavy atom. The number of halogens is 1. The first-order chi connectivity index (χ1) is 12.8. The number of amides is 2. The fraction of sp³-hybridized carbons (Fsp3) is 0.316. The maximum atomic E-state index is 12.9. The van der Waals surface area contributed by atoms with Gasteiger partial charge in [-0.2, -0.15) is 0 Å². The number of hydrogen-bond acceptors (Lipinski definition) is 5. The molecule has 1 aliphatic rings. The predicted octanol–water partition coefficient (Wildman–Crippen LogP) is 3.01. The molecule has 1 aromatic heterocycles. The lowest BCUT2D eigenvalue weighted by molar-refractivity contribution is -0.129. The van der Waals surface area contributed by atoms with E-state index in [9.17, 15) is 9.59 Å². The molecule has 0 saturated carbocycles. The molecule has 27 heavy (non-hydrogen) atoms. The van der Waals surface area contributed by atoms with Gasteiger partial charge >= 0.3 is 0 Å². The first-order valence-electron chi connectivity index (χ1n) is 8.57. The molecule has 1 aliphatic heterocycles. The highest BCUT2D eigenvalue weighted by atomic mass is 35.5. The van der Waals surface area contributed by atoms with Gasteiger partial charge in [0.2, 0.25) is 5.91 Å². The van der Waals surface area contributed by atoms with Gasteiger partial charge in [-0.05, 0) is 42.7 Å². The number of hydrogen-bond donors (Lipinski definition) is 2. The largest absolute Gasteiger partial charge is 0.476 e. The van der Waals surface area contributed by atoms with Gasteiger partial charge in [-0.15, -0.1) is 0 Å². The monoisotopic (exact) mass is 388 g/mol. The molecule has 3 rings (SSSR count). The summed E-state index contributed by atoms with van der Waals surface area (Å²) in [6.07, 6.45) is -0.691. The van der Waals surface area contributed by atoms with Crippen molar-refractivity contribution in [3.05, 3.63) is 40.9 Å². The maximum Gasteiger partial charge on any atom is 0.270 e. The van der Waals surface area contributed by atoms with Crippen LogP contribution in [0.4, 0.5) is 17.3 Å². The minimum absolute atomic E-state index is 0.0658. The summed E-state index contributed by atoms with van der Waals surface area (Å²) in [6.45, 7) is 5.36. The molecule has 0 radical (unpaired) electrons. The third-order valence-corrected chi connectivity index (χ3v) is 4.74. The van der Waals surface area contributed by atoms with Gasteiger partial charge in [0.15, 0.2) is 17.7 Å². The second-order valence-corrected chi connectivity index (χ2v) is 7.13. The minimum atomic E-state index is -0.691. The van der Waals surface area contributed by atoms with E-state index in [2.05, 4.69) is 10.3 Å². The van der Waals surface area contributed by atoms with Crippen molar-refractivity contribution >= 4 is 40.7 Å². The molecule has 2 amide bonds. The number of nitrogen functional groups attached to an aromatic ring is 1. The lowest BCUT2D eigenvalue weighted by Crippen LogP contribution is -2.51. The molecular weight excluding hydrogens is 368 g/mol. The number of anilines is 3. The molecule has 0 spiro atoms. The van der Waals surface area contributed by atoms with Crippen LogP contribution >= 0.6 is 11.6 Å². The second-order valence-electron chi connectivity index (χ2n) is 6.73. The number of carbonyl (C=O) groups is 2. The van der Waals surface area contributed by atoms with Crippen molar-refractivity contribution in [3.8, 4) is 5.75 Å². The van der Waals surface area contributed by atoms with Gasteiger partial charge < -0.3 is 15.8 Å². The third-order valence-electron chi connectivity index (χ3n) is 4.33. The van der Waals surface area contributed by atoms with Crippen LogP contribution in [0, 0.1) is 12.8 Å². The van der Waals surface area contributed by atoms with Crippen LogP contribution < -0.4 is 20.7 Å². The van der Waals surface area contributed by atoms with Crippen LogP contribution in [0.2, 0.25) is 5.02 Å². The van der Waals surface area contributed by atoms with Crippen LogP contribution in [-0.4, -0.2) is 29.4 Å². The van der Waals surface area contributed by atoms with Crippen LogP contribution in [0.1, 0.15) is 19.4 Å². The van der Waals surface area contributed by atoms with E-state index in [-0.39, 0.29) is 35.9 Å². The molecule has 0 bridgehead atoms. The Bertz CT molecular complexity index is 901. The van der Waals surface area contributed by atoms with Crippen LogP contribution in [0.5, 0.6) is 5.75 Å². The first kappa shape index (κ1) is 19.0. The van der Waals surface area contributed by atoms with Gasteiger partial charge in [-0.3, -0.25) is 14.5 Å². The Kier molecular flexibility index (Phi) is 5.23. The van der Waals surface area contributed by atoms with E-state index in [1.807, 2.05) is 20.8 Å². The van der Waals surface area contributed by atoms with Gasteiger partial charge in [-0.1, -0.05) is 31.5 Å². The Balaban J connectivity index is 1.87. The zero-order valence-corrected chi connectivity index (χ0v) is 16.1. The van der Waals surface area contributed by atoms with E-state index >= 15 is 0 Å². The van der Waals surface area contributed by atoms with Crippen molar-refractivity contribution in [1.82, 2.24) is 4.98 Å². The molecule has 0 fully saturated rings. The molecule has 7 nitrogen and oxygen atoms in total. The van der Waals surface area contributed by atoms with Crippen LogP contribution in [0.25, 0.3) is 0 Å². The molecular formula is C19H21ClN4O3. The van der Waals surface area contributed by atoms with Gasteiger partial charge in [0.1, 0.15) is 12.4 Å². The van der Waals surface area contributed by atoms with Crippen molar-refractivity contribution in [2.75, 3.05) is 22.5 Å². The zero-order valence-electron chi connectivity index (χ0n) is 15.3. The van der Waals surface area contributed by atoms with E-state index in [0.29, 0.717) is 16.5 Å². The molecule has 1 atom stereocenters. The first-order valence-corrected chi connectivity index (χ1v) is 8.95. The molecule has 1 aromatic carbocycles. The summed E-state index contributed by atoms with van der Waals surface area (Å²) in [5.74, 6) is 0.152. The summed E-state index contributed by atoms with van der Waals surface area (Å²) in [5.41, 5.74) is 7.10. The van der Waals surface area contributed by atoms with Crippen LogP contribution in [0.15, 0.2) is 30.3 Å². The summed E-state index contributed by atoms with van der Waals surface area (Å²) in [6, 6.07) is 8.50. The number of ether oxygens (including phenoxy) is 1. The Morgan fingerprint density at radius 3 is 2.81 bits per heavy atom. The number of fused-ring (bicyclic) bond motifs is 1. The van der Waals surface area contributed by atoms with Crippen molar-refractivity contribution < 1.29 is 14.3 Å². The highest BCUT2D eigenvalue weighted by Gasteiger charge is 2.38. The van der Waals surface area contributed by atoms with Gasteiger partial charge in [-0.25, -0.2) is 4.98 Å². The number of aromatic nitrogens is 1. The summed E-state index contributed by atoms with van der Waals surface area (Å²) in [4.78, 5) is 31.0. The van der Waals surface area contributed by atoms with Crippen molar-refractivity contribution in [1.29, 1.82) is 0 Å². The number of nitrogens with one attached hydrogen (secondary N) is 1. The summed E-state index contributed by atoms with van der Waals surface area (Å²) in [5, 5.41) is 3.34. The number of nitrogens with zero attached hydrogens (tertiary/aromatic N) is 2. The fourth-order valence-electron chi connectivity index (χ4n) is 2.83. The second kappa shape index (κ2) is 7.44. The molecule has 3 N–H and O–H groups in total. The minimum Gasteiger partial charge on any atom is -0.476 e. The highest BCUT2D eigenvalue weighted by molar-refractivity contribution is 6.31. The van der Waals surface area contributed by atoms with E-state index < -0.39 is 6.10 Å². The summed E-state index contributed by atoms with van der Waals surface area (Å²) in [7, 11) is 0. The number of carbonyl (C=O) groups excluding carboxylic acids is 2. The Hall–Kier alpha value is -2.80. The number of rotatable bonds is 4. The van der Waals surface area contributed by atoms with Crippen molar-refractivity contribution in [2.45, 2.75) is 26.9 Å². The van der Waals surface area contributed by atoms with Crippen molar-refractivity contribution in [2.24, 2.45) is 5.92 Å². The molecule has 0 aliphatic carbocycles. The topological polar surface area (TPSA) is 97.5 Å². The van der Waals surface area contributed by atoms with E-state index in [4.69, 9.17) is 22.1 Å². The van der Waals surface area contributed by atoms with E-state index in [1.54, 1.807) is 30.3 Å². The molecule has 1 unspecified atom stereocenters. The van der Waals surface area contributed by atoms with E-state index in [0.717, 1.165) is 5.56 Å². The lowest BCUT2D eigenvalue weighted by Gasteiger charge is -2.34. The maximum absolute atomic E-state index is 12.9. The Morgan fingerprint density at radius 2 is 2.11 bits per heavy atom.